The van der Waals surface area contributed by atoms with E-state index in [-0.39, 0.29) is 0 Å². The molecule has 2 nitrogen and oxygen atoms in total. The largest absolute Gasteiger partial charge is 0.457 e. The summed E-state index contributed by atoms with van der Waals surface area (Å²) in [7, 11) is 0. The van der Waals surface area contributed by atoms with Gasteiger partial charge in [-0.2, -0.15) is 0 Å². The van der Waals surface area contributed by atoms with Crippen molar-refractivity contribution in [1.82, 2.24) is 0 Å². The number of aryl methyl sites for hydroxylation is 1. The minimum atomic E-state index is 0.710. The Morgan fingerprint density at radius 1 is 1.00 bits per heavy atom. The third-order valence-electron chi connectivity index (χ3n) is 2.32. The number of nitrogens with one attached hydrogen (secondary N) is 1. The molecule has 0 saturated heterocycles. The molecular weight excluding hydrogens is 198 g/mol. The molecule has 0 atom stereocenters. The van der Waals surface area contributed by atoms with E-state index in [0.717, 1.165) is 11.3 Å². The fourth-order valence-corrected chi connectivity index (χ4v) is 1.43. The van der Waals surface area contributed by atoms with Crippen molar-refractivity contribution in [3.05, 3.63) is 59.7 Å². The van der Waals surface area contributed by atoms with E-state index in [1.807, 2.05) is 55.5 Å². The summed E-state index contributed by atoms with van der Waals surface area (Å²) in [6.45, 7) is 2.04. The van der Waals surface area contributed by atoms with Gasteiger partial charge in [0.25, 0.3) is 0 Å². The molecule has 0 radical (unpaired) electrons. The molecule has 0 fully saturated rings. The van der Waals surface area contributed by atoms with Gasteiger partial charge in [-0.1, -0.05) is 29.8 Å². The fourth-order valence-electron chi connectivity index (χ4n) is 1.43. The van der Waals surface area contributed by atoms with Gasteiger partial charge in [-0.25, -0.2) is 0 Å². The van der Waals surface area contributed by atoms with Gasteiger partial charge in [-0.15, -0.1) is 0 Å². The van der Waals surface area contributed by atoms with E-state index < -0.39 is 0 Å². The van der Waals surface area contributed by atoms with Gasteiger partial charge in [0, 0.05) is 11.8 Å². The summed E-state index contributed by atoms with van der Waals surface area (Å²) in [5.74, 6) is 1.50. The highest BCUT2D eigenvalue weighted by Crippen LogP contribution is 2.24. The number of rotatable bonds is 3. The van der Waals surface area contributed by atoms with Crippen molar-refractivity contribution in [3.63, 3.8) is 0 Å². The van der Waals surface area contributed by atoms with E-state index in [1.165, 1.54) is 11.8 Å². The highest BCUT2D eigenvalue weighted by molar-refractivity contribution is 5.81. The molecule has 0 aliphatic rings. The predicted molar refractivity (Wildman–Crippen MR) is 65.6 cm³/mol. The Balaban J connectivity index is 2.26. The van der Waals surface area contributed by atoms with Gasteiger partial charge in [0.2, 0.25) is 0 Å². The first-order valence-corrected chi connectivity index (χ1v) is 5.13. The summed E-state index contributed by atoms with van der Waals surface area (Å²) in [5, 5.41) is 7.28. The van der Waals surface area contributed by atoms with Gasteiger partial charge in [-0.05, 0) is 31.2 Å². The van der Waals surface area contributed by atoms with Crippen LogP contribution >= 0.6 is 0 Å². The molecule has 0 saturated carbocycles. The zero-order chi connectivity index (χ0) is 11.4. The van der Waals surface area contributed by atoms with Crippen LogP contribution in [0.3, 0.4) is 0 Å². The average Bonchev–Trinajstić information content (AvgIpc) is 2.33. The second kappa shape index (κ2) is 4.62. The summed E-state index contributed by atoms with van der Waals surface area (Å²) in [6.07, 6.45) is 1.30. The Hall–Kier alpha value is -2.09. The summed E-state index contributed by atoms with van der Waals surface area (Å²) >= 11 is 0. The molecule has 2 aromatic rings. The Kier molecular flexibility index (Phi) is 3.01. The predicted octanol–water partition coefficient (Wildman–Crippen LogP) is 3.78. The summed E-state index contributed by atoms with van der Waals surface area (Å²) in [6, 6.07) is 15.4. The van der Waals surface area contributed by atoms with Crippen LogP contribution in [0.4, 0.5) is 0 Å². The Morgan fingerprint density at radius 2 is 1.69 bits per heavy atom. The lowest BCUT2D eigenvalue weighted by atomic mass is 10.2. The lowest BCUT2D eigenvalue weighted by Crippen LogP contribution is -1.89. The van der Waals surface area contributed by atoms with E-state index in [4.69, 9.17) is 10.1 Å². The van der Waals surface area contributed by atoms with Crippen LogP contribution in [0.5, 0.6) is 11.5 Å². The minimum absolute atomic E-state index is 0.710. The molecule has 0 aliphatic heterocycles. The molecule has 0 aliphatic carbocycles. The maximum absolute atomic E-state index is 7.28. The quantitative estimate of drug-likeness (QED) is 0.770. The van der Waals surface area contributed by atoms with Gasteiger partial charge >= 0.3 is 0 Å². The number of para-hydroxylation sites is 1. The third kappa shape index (κ3) is 2.28. The van der Waals surface area contributed by atoms with Crippen LogP contribution in [-0.4, -0.2) is 6.21 Å². The molecule has 0 unspecified atom stereocenters. The topological polar surface area (TPSA) is 33.1 Å². The number of ether oxygens (including phenoxy) is 1. The second-order valence-electron chi connectivity index (χ2n) is 3.60. The Morgan fingerprint density at radius 3 is 2.38 bits per heavy atom. The van der Waals surface area contributed by atoms with Gasteiger partial charge in [-0.3, -0.25) is 0 Å². The number of hydrogen-bond acceptors (Lipinski definition) is 2. The van der Waals surface area contributed by atoms with Crippen LogP contribution < -0.4 is 4.74 Å². The van der Waals surface area contributed by atoms with E-state index in [2.05, 4.69) is 0 Å². The first-order chi connectivity index (χ1) is 7.79. The van der Waals surface area contributed by atoms with Crippen molar-refractivity contribution >= 4 is 6.21 Å². The lowest BCUT2D eigenvalue weighted by Gasteiger charge is -2.08. The van der Waals surface area contributed by atoms with Crippen molar-refractivity contribution in [2.24, 2.45) is 0 Å². The maximum Gasteiger partial charge on any atom is 0.136 e. The van der Waals surface area contributed by atoms with Gasteiger partial charge < -0.3 is 10.1 Å². The smallest absolute Gasteiger partial charge is 0.136 e. The monoisotopic (exact) mass is 211 g/mol. The molecule has 16 heavy (non-hydrogen) atoms. The van der Waals surface area contributed by atoms with Crippen molar-refractivity contribution in [3.8, 4) is 11.5 Å². The van der Waals surface area contributed by atoms with Crippen molar-refractivity contribution in [2.75, 3.05) is 0 Å². The second-order valence-corrected chi connectivity index (χ2v) is 3.60. The maximum atomic E-state index is 7.28. The van der Waals surface area contributed by atoms with E-state index >= 15 is 0 Å². The number of hydrogen-bond donors (Lipinski definition) is 1. The molecule has 0 heterocycles. The number of benzene rings is 2. The van der Waals surface area contributed by atoms with Crippen LogP contribution in [0.25, 0.3) is 0 Å². The third-order valence-corrected chi connectivity index (χ3v) is 2.32. The molecule has 80 valence electrons. The first-order valence-electron chi connectivity index (χ1n) is 5.13. The van der Waals surface area contributed by atoms with Gasteiger partial charge in [0.15, 0.2) is 0 Å². The molecule has 0 spiro atoms. The first kappa shape index (κ1) is 10.4. The van der Waals surface area contributed by atoms with Crippen LogP contribution in [0, 0.1) is 12.3 Å². The molecule has 0 aromatic heterocycles. The molecule has 2 heteroatoms. The lowest BCUT2D eigenvalue weighted by molar-refractivity contribution is 0.482. The van der Waals surface area contributed by atoms with Gasteiger partial charge in [0.1, 0.15) is 11.5 Å². The summed E-state index contributed by atoms with van der Waals surface area (Å²) in [5.41, 5.74) is 1.98. The Bertz CT molecular complexity index is 488. The summed E-state index contributed by atoms with van der Waals surface area (Å²) in [4.78, 5) is 0. The van der Waals surface area contributed by atoms with Crippen LogP contribution in [0.1, 0.15) is 11.1 Å². The summed E-state index contributed by atoms with van der Waals surface area (Å²) < 4.78 is 5.70. The van der Waals surface area contributed by atoms with Crippen LogP contribution in [-0.2, 0) is 0 Å². The normalized spacial score (nSPS) is 9.81. The fraction of sp³-hybridized carbons (Fsp3) is 0.0714. The molecule has 2 aromatic carbocycles. The zero-order valence-electron chi connectivity index (χ0n) is 9.10. The SMILES string of the molecule is Cc1ccc(Oc2ccccc2C=N)cc1. The Labute approximate surface area is 95.0 Å². The van der Waals surface area contributed by atoms with Crippen molar-refractivity contribution in [2.45, 2.75) is 6.92 Å². The molecular formula is C14H13NO. The zero-order valence-corrected chi connectivity index (χ0v) is 9.10. The van der Waals surface area contributed by atoms with Crippen LogP contribution in [0.15, 0.2) is 48.5 Å². The van der Waals surface area contributed by atoms with E-state index in [0.29, 0.717) is 5.75 Å². The minimum Gasteiger partial charge on any atom is -0.457 e. The molecule has 0 bridgehead atoms. The molecule has 2 rings (SSSR count). The van der Waals surface area contributed by atoms with E-state index in [1.54, 1.807) is 0 Å². The highest BCUT2D eigenvalue weighted by Gasteiger charge is 2.01. The molecule has 1 N–H and O–H groups in total. The van der Waals surface area contributed by atoms with Crippen LogP contribution in [0.2, 0.25) is 0 Å². The van der Waals surface area contributed by atoms with E-state index in [9.17, 15) is 0 Å². The standard InChI is InChI=1S/C14H13NO/c1-11-6-8-13(9-7-11)16-14-5-3-2-4-12(14)10-15/h2-10,15H,1H3. The van der Waals surface area contributed by atoms with Crippen molar-refractivity contribution < 1.29 is 4.74 Å². The highest BCUT2D eigenvalue weighted by atomic mass is 16.5. The van der Waals surface area contributed by atoms with Crippen molar-refractivity contribution in [1.29, 1.82) is 5.41 Å². The van der Waals surface area contributed by atoms with Gasteiger partial charge in [0.05, 0.1) is 0 Å². The average molecular weight is 211 g/mol. The molecule has 0 amide bonds.